The van der Waals surface area contributed by atoms with Crippen LogP contribution in [0.4, 0.5) is 11.4 Å². The fourth-order valence-electron chi connectivity index (χ4n) is 1.92. The second kappa shape index (κ2) is 7.63. The number of benzene rings is 2. The quantitative estimate of drug-likeness (QED) is 0.493. The molecule has 124 valence electrons. The van der Waals surface area contributed by atoms with Crippen molar-refractivity contribution in [3.05, 3.63) is 54.1 Å². The third-order valence-electron chi connectivity index (χ3n) is 2.95. The molecule has 0 saturated heterocycles. The van der Waals surface area contributed by atoms with Crippen molar-refractivity contribution in [3.63, 3.8) is 0 Å². The standard InChI is InChI=1S/C16H18N6O2/c1-24-13-8-7-10(9-12(13)21-16(19)22-15(17)18)14(23)20-11-5-3-2-4-6-11/h2-9H,1H3,(H,20,23)(H6,17,18,19,21,22). The monoisotopic (exact) mass is 326 g/mol. The van der Waals surface area contributed by atoms with E-state index in [1.165, 1.54) is 13.2 Å². The molecule has 1 amide bonds. The van der Waals surface area contributed by atoms with Gasteiger partial charge in [0.2, 0.25) is 5.96 Å². The van der Waals surface area contributed by atoms with Crippen LogP contribution < -0.4 is 27.3 Å². The first-order valence-corrected chi connectivity index (χ1v) is 6.98. The molecule has 0 spiro atoms. The average Bonchev–Trinajstić information content (AvgIpc) is 2.55. The van der Waals surface area contributed by atoms with Gasteiger partial charge in [-0.1, -0.05) is 18.2 Å². The fourth-order valence-corrected chi connectivity index (χ4v) is 1.92. The van der Waals surface area contributed by atoms with E-state index >= 15 is 0 Å². The van der Waals surface area contributed by atoms with Gasteiger partial charge in [-0.3, -0.25) is 4.79 Å². The SMILES string of the molecule is COc1ccc(C(=O)Nc2ccccc2)cc1N=C(N)N=C(N)N. The Morgan fingerprint density at radius 2 is 1.79 bits per heavy atom. The molecule has 0 bridgehead atoms. The van der Waals surface area contributed by atoms with Crippen molar-refractivity contribution in [2.45, 2.75) is 0 Å². The number of para-hydroxylation sites is 1. The molecule has 0 radical (unpaired) electrons. The van der Waals surface area contributed by atoms with Crippen LogP contribution in [0.1, 0.15) is 10.4 Å². The van der Waals surface area contributed by atoms with Crippen LogP contribution in [-0.2, 0) is 0 Å². The van der Waals surface area contributed by atoms with Crippen molar-refractivity contribution in [2.75, 3.05) is 12.4 Å². The van der Waals surface area contributed by atoms with Crippen molar-refractivity contribution in [2.24, 2.45) is 27.2 Å². The summed E-state index contributed by atoms with van der Waals surface area (Å²) >= 11 is 0. The highest BCUT2D eigenvalue weighted by Gasteiger charge is 2.11. The van der Waals surface area contributed by atoms with Crippen molar-refractivity contribution >= 4 is 29.2 Å². The molecule has 0 atom stereocenters. The van der Waals surface area contributed by atoms with Gasteiger partial charge in [-0.05, 0) is 30.3 Å². The van der Waals surface area contributed by atoms with E-state index in [0.717, 1.165) is 0 Å². The molecule has 8 heteroatoms. The van der Waals surface area contributed by atoms with E-state index in [-0.39, 0.29) is 17.8 Å². The summed E-state index contributed by atoms with van der Waals surface area (Å²) in [5.41, 5.74) is 17.5. The van der Waals surface area contributed by atoms with Gasteiger partial charge in [-0.15, -0.1) is 0 Å². The molecule has 2 aromatic rings. The lowest BCUT2D eigenvalue weighted by molar-refractivity contribution is 0.102. The predicted molar refractivity (Wildman–Crippen MR) is 94.5 cm³/mol. The summed E-state index contributed by atoms with van der Waals surface area (Å²) in [4.78, 5) is 20.0. The Morgan fingerprint density at radius 1 is 1.08 bits per heavy atom. The van der Waals surface area contributed by atoms with Gasteiger partial charge >= 0.3 is 0 Å². The van der Waals surface area contributed by atoms with Crippen molar-refractivity contribution in [1.29, 1.82) is 0 Å². The van der Waals surface area contributed by atoms with Crippen LogP contribution in [0.25, 0.3) is 0 Å². The summed E-state index contributed by atoms with van der Waals surface area (Å²) in [6, 6.07) is 13.9. The summed E-state index contributed by atoms with van der Waals surface area (Å²) in [6.45, 7) is 0. The predicted octanol–water partition coefficient (Wildman–Crippen LogP) is 1.17. The number of anilines is 1. The maximum atomic E-state index is 12.3. The third kappa shape index (κ3) is 4.47. The van der Waals surface area contributed by atoms with Gasteiger partial charge in [-0.25, -0.2) is 4.99 Å². The molecule has 24 heavy (non-hydrogen) atoms. The zero-order chi connectivity index (χ0) is 17.5. The first kappa shape index (κ1) is 16.8. The number of carbonyl (C=O) groups excluding carboxylic acids is 1. The first-order chi connectivity index (χ1) is 11.5. The Bertz CT molecular complexity index is 782. The minimum absolute atomic E-state index is 0.145. The molecule has 2 aromatic carbocycles. The zero-order valence-electron chi connectivity index (χ0n) is 13.1. The van der Waals surface area contributed by atoms with Crippen LogP contribution in [0, 0.1) is 0 Å². The number of guanidine groups is 2. The number of nitrogens with zero attached hydrogens (tertiary/aromatic N) is 2. The van der Waals surface area contributed by atoms with Crippen molar-refractivity contribution < 1.29 is 9.53 Å². The number of ether oxygens (including phenoxy) is 1. The number of nitrogens with one attached hydrogen (secondary N) is 1. The van der Waals surface area contributed by atoms with E-state index in [1.54, 1.807) is 24.3 Å². The van der Waals surface area contributed by atoms with Crippen LogP contribution in [0.5, 0.6) is 5.75 Å². The number of hydrogen-bond donors (Lipinski definition) is 4. The minimum atomic E-state index is -0.291. The summed E-state index contributed by atoms with van der Waals surface area (Å²) in [6.07, 6.45) is 0. The molecule has 0 aliphatic heterocycles. The van der Waals surface area contributed by atoms with E-state index in [2.05, 4.69) is 15.3 Å². The lowest BCUT2D eigenvalue weighted by atomic mass is 10.1. The van der Waals surface area contributed by atoms with Gasteiger partial charge in [0.1, 0.15) is 11.4 Å². The second-order valence-corrected chi connectivity index (χ2v) is 4.71. The van der Waals surface area contributed by atoms with Gasteiger partial charge in [0.25, 0.3) is 5.91 Å². The van der Waals surface area contributed by atoms with Crippen molar-refractivity contribution in [3.8, 4) is 5.75 Å². The van der Waals surface area contributed by atoms with Crippen LogP contribution in [0.15, 0.2) is 58.5 Å². The van der Waals surface area contributed by atoms with Crippen LogP contribution in [-0.4, -0.2) is 24.9 Å². The lowest BCUT2D eigenvalue weighted by Gasteiger charge is -2.09. The van der Waals surface area contributed by atoms with Gasteiger partial charge in [0.15, 0.2) is 5.96 Å². The molecular formula is C16H18N6O2. The Balaban J connectivity index is 2.31. The fraction of sp³-hybridized carbons (Fsp3) is 0.0625. The van der Waals surface area contributed by atoms with E-state index < -0.39 is 0 Å². The number of amides is 1. The smallest absolute Gasteiger partial charge is 0.255 e. The zero-order valence-corrected chi connectivity index (χ0v) is 13.1. The second-order valence-electron chi connectivity index (χ2n) is 4.71. The Kier molecular flexibility index (Phi) is 5.35. The Hall–Kier alpha value is -3.55. The molecule has 0 saturated carbocycles. The van der Waals surface area contributed by atoms with Crippen LogP contribution in [0.2, 0.25) is 0 Å². The maximum Gasteiger partial charge on any atom is 0.255 e. The summed E-state index contributed by atoms with van der Waals surface area (Å²) in [7, 11) is 1.48. The Labute approximate surface area is 139 Å². The summed E-state index contributed by atoms with van der Waals surface area (Å²) in [5, 5.41) is 2.78. The van der Waals surface area contributed by atoms with E-state index in [4.69, 9.17) is 21.9 Å². The highest BCUT2D eigenvalue weighted by atomic mass is 16.5. The number of rotatable bonds is 4. The maximum absolute atomic E-state index is 12.3. The minimum Gasteiger partial charge on any atom is -0.494 e. The lowest BCUT2D eigenvalue weighted by Crippen LogP contribution is -2.26. The highest BCUT2D eigenvalue weighted by molar-refractivity contribution is 6.05. The number of nitrogens with two attached hydrogens (primary N) is 3. The first-order valence-electron chi connectivity index (χ1n) is 6.98. The molecule has 2 rings (SSSR count). The van der Waals surface area contributed by atoms with Crippen LogP contribution in [0.3, 0.4) is 0 Å². The number of methoxy groups -OCH3 is 1. The third-order valence-corrected chi connectivity index (χ3v) is 2.95. The molecule has 0 aliphatic carbocycles. The van der Waals surface area contributed by atoms with E-state index in [0.29, 0.717) is 22.7 Å². The Morgan fingerprint density at radius 3 is 2.42 bits per heavy atom. The van der Waals surface area contributed by atoms with Crippen LogP contribution >= 0.6 is 0 Å². The molecule has 0 aromatic heterocycles. The summed E-state index contributed by atoms with van der Waals surface area (Å²) < 4.78 is 5.20. The van der Waals surface area contributed by atoms with Gasteiger partial charge in [-0.2, -0.15) is 4.99 Å². The normalized spacial score (nSPS) is 10.8. The molecule has 0 unspecified atom stereocenters. The number of hydrogen-bond acceptors (Lipinski definition) is 3. The molecule has 7 N–H and O–H groups in total. The number of carbonyl (C=O) groups is 1. The van der Waals surface area contributed by atoms with Gasteiger partial charge < -0.3 is 27.3 Å². The number of aliphatic imine (C=N–C) groups is 2. The molecule has 0 fully saturated rings. The van der Waals surface area contributed by atoms with Gasteiger partial charge in [0.05, 0.1) is 7.11 Å². The topological polar surface area (TPSA) is 141 Å². The van der Waals surface area contributed by atoms with E-state index in [1.807, 2.05) is 18.2 Å². The van der Waals surface area contributed by atoms with E-state index in [9.17, 15) is 4.79 Å². The molecule has 0 heterocycles. The van der Waals surface area contributed by atoms with Gasteiger partial charge in [0, 0.05) is 11.3 Å². The summed E-state index contributed by atoms with van der Waals surface area (Å²) in [5.74, 6) is -0.220. The molecule has 8 nitrogen and oxygen atoms in total. The molecule has 0 aliphatic rings. The average molecular weight is 326 g/mol. The highest BCUT2D eigenvalue weighted by Crippen LogP contribution is 2.28. The van der Waals surface area contributed by atoms with Crippen molar-refractivity contribution in [1.82, 2.24) is 0 Å². The largest absolute Gasteiger partial charge is 0.494 e. The molecular weight excluding hydrogens is 308 g/mol.